The number of anilines is 1. The molecule has 1 heterocycles. The smallest absolute Gasteiger partial charge is 0.261 e. The Morgan fingerprint density at radius 1 is 1.23 bits per heavy atom. The molecule has 0 unspecified atom stereocenters. The van der Waals surface area contributed by atoms with Crippen molar-refractivity contribution < 1.29 is 9.53 Å². The fraction of sp³-hybridized carbons (Fsp3) is 0.412. The van der Waals surface area contributed by atoms with E-state index in [4.69, 9.17) is 4.74 Å². The van der Waals surface area contributed by atoms with Crippen molar-refractivity contribution in [2.75, 3.05) is 18.1 Å². The first-order valence-corrected chi connectivity index (χ1v) is 7.69. The van der Waals surface area contributed by atoms with Gasteiger partial charge in [-0.25, -0.2) is 0 Å². The van der Waals surface area contributed by atoms with Crippen molar-refractivity contribution in [2.24, 2.45) is 0 Å². The Morgan fingerprint density at radius 2 is 1.91 bits per heavy atom. The van der Waals surface area contributed by atoms with Crippen LogP contribution in [-0.4, -0.2) is 28.8 Å². The monoisotopic (exact) mass is 301 g/mol. The summed E-state index contributed by atoms with van der Waals surface area (Å²) in [5.74, 6) is 0.786. The number of benzene rings is 1. The van der Waals surface area contributed by atoms with E-state index < -0.39 is 0 Å². The molecule has 0 spiro atoms. The molecular formula is C17H23N3O2. The van der Waals surface area contributed by atoms with Gasteiger partial charge in [-0.1, -0.05) is 0 Å². The minimum atomic E-state index is -0.0242. The van der Waals surface area contributed by atoms with Crippen LogP contribution in [0.3, 0.4) is 0 Å². The third-order valence-electron chi connectivity index (χ3n) is 3.65. The summed E-state index contributed by atoms with van der Waals surface area (Å²) in [6, 6.07) is 7.59. The molecule has 0 saturated carbocycles. The normalized spacial score (nSPS) is 10.5. The number of amides is 1. The molecule has 0 aliphatic carbocycles. The Labute approximate surface area is 131 Å². The van der Waals surface area contributed by atoms with Gasteiger partial charge >= 0.3 is 0 Å². The summed E-state index contributed by atoms with van der Waals surface area (Å²) in [5, 5.41) is 4.25. The second-order valence-electron chi connectivity index (χ2n) is 4.94. The zero-order valence-corrected chi connectivity index (χ0v) is 13.7. The van der Waals surface area contributed by atoms with Gasteiger partial charge in [0, 0.05) is 24.5 Å². The van der Waals surface area contributed by atoms with Gasteiger partial charge in [0.05, 0.1) is 18.4 Å². The number of carbonyl (C=O) groups is 1. The van der Waals surface area contributed by atoms with Crippen molar-refractivity contribution in [3.05, 3.63) is 41.7 Å². The largest absolute Gasteiger partial charge is 0.494 e. The molecule has 0 fully saturated rings. The molecule has 1 amide bonds. The lowest BCUT2D eigenvalue weighted by atomic mass is 10.2. The van der Waals surface area contributed by atoms with Crippen LogP contribution >= 0.6 is 0 Å². The van der Waals surface area contributed by atoms with Gasteiger partial charge in [0.2, 0.25) is 0 Å². The summed E-state index contributed by atoms with van der Waals surface area (Å²) in [5.41, 5.74) is 2.41. The average molecular weight is 301 g/mol. The Kier molecular flexibility index (Phi) is 5.20. The molecule has 0 aliphatic heterocycles. The van der Waals surface area contributed by atoms with Gasteiger partial charge in [-0.05, 0) is 52.0 Å². The second kappa shape index (κ2) is 7.11. The fourth-order valence-electron chi connectivity index (χ4n) is 2.45. The number of hydrogen-bond donors (Lipinski definition) is 0. The molecule has 5 nitrogen and oxygen atoms in total. The summed E-state index contributed by atoms with van der Waals surface area (Å²) in [4.78, 5) is 14.5. The molecule has 0 atom stereocenters. The zero-order chi connectivity index (χ0) is 16.1. The lowest BCUT2D eigenvalue weighted by Gasteiger charge is -2.21. The topological polar surface area (TPSA) is 47.4 Å². The first kappa shape index (κ1) is 16.1. The third kappa shape index (κ3) is 3.13. The number of hydrogen-bond acceptors (Lipinski definition) is 3. The highest BCUT2D eigenvalue weighted by Crippen LogP contribution is 2.22. The number of ether oxygens (including phenoxy) is 1. The number of nitrogens with zero attached hydrogens (tertiary/aromatic N) is 3. The number of aromatic nitrogens is 2. The molecule has 1 aromatic carbocycles. The molecule has 5 heteroatoms. The molecule has 1 aromatic heterocycles. The van der Waals surface area contributed by atoms with Crippen LogP contribution in [0.2, 0.25) is 0 Å². The Bertz CT molecular complexity index is 632. The molecule has 0 bridgehead atoms. The molecular weight excluding hydrogens is 278 g/mol. The maximum Gasteiger partial charge on any atom is 0.261 e. The Morgan fingerprint density at radius 3 is 2.41 bits per heavy atom. The first-order valence-electron chi connectivity index (χ1n) is 7.69. The van der Waals surface area contributed by atoms with Gasteiger partial charge in [0.25, 0.3) is 5.91 Å². The van der Waals surface area contributed by atoms with E-state index in [9.17, 15) is 4.79 Å². The van der Waals surface area contributed by atoms with Gasteiger partial charge in [-0.15, -0.1) is 0 Å². The van der Waals surface area contributed by atoms with Crippen LogP contribution in [0.4, 0.5) is 5.69 Å². The zero-order valence-electron chi connectivity index (χ0n) is 13.7. The number of rotatable bonds is 6. The first-order chi connectivity index (χ1) is 10.6. The lowest BCUT2D eigenvalue weighted by Crippen LogP contribution is -2.30. The predicted molar refractivity (Wildman–Crippen MR) is 87.6 cm³/mol. The standard InChI is InChI=1S/C17H23N3O2/c1-5-19(14-8-10-15(11-9-14)22-7-3)17(21)16-12-18-20(6-2)13(16)4/h8-12H,5-7H2,1-4H3. The molecule has 118 valence electrons. The van der Waals surface area contributed by atoms with E-state index in [1.807, 2.05) is 56.6 Å². The van der Waals surface area contributed by atoms with Gasteiger partial charge in [-0.3, -0.25) is 9.48 Å². The van der Waals surface area contributed by atoms with Gasteiger partial charge in [0.1, 0.15) is 5.75 Å². The van der Waals surface area contributed by atoms with E-state index in [2.05, 4.69) is 5.10 Å². The summed E-state index contributed by atoms with van der Waals surface area (Å²) in [7, 11) is 0. The van der Waals surface area contributed by atoms with E-state index in [0.717, 1.165) is 23.7 Å². The molecule has 0 aliphatic rings. The van der Waals surface area contributed by atoms with Crippen LogP contribution < -0.4 is 9.64 Å². The summed E-state index contributed by atoms with van der Waals surface area (Å²) in [6.07, 6.45) is 1.65. The number of aryl methyl sites for hydroxylation is 1. The van der Waals surface area contributed by atoms with Crippen LogP contribution in [0.1, 0.15) is 36.8 Å². The molecule has 22 heavy (non-hydrogen) atoms. The summed E-state index contributed by atoms with van der Waals surface area (Å²) in [6.45, 7) is 9.84. The predicted octanol–water partition coefficient (Wildman–Crippen LogP) is 3.28. The highest BCUT2D eigenvalue weighted by atomic mass is 16.5. The van der Waals surface area contributed by atoms with Crippen molar-refractivity contribution in [1.29, 1.82) is 0 Å². The molecule has 2 aromatic rings. The average Bonchev–Trinajstić information content (AvgIpc) is 2.90. The quantitative estimate of drug-likeness (QED) is 0.822. The van der Waals surface area contributed by atoms with Crippen LogP contribution in [0, 0.1) is 6.92 Å². The molecule has 2 rings (SSSR count). The van der Waals surface area contributed by atoms with Gasteiger partial charge in [0.15, 0.2) is 0 Å². The third-order valence-corrected chi connectivity index (χ3v) is 3.65. The molecule has 0 radical (unpaired) electrons. The van der Waals surface area contributed by atoms with Crippen molar-refractivity contribution in [3.63, 3.8) is 0 Å². The van der Waals surface area contributed by atoms with Crippen LogP contribution in [0.5, 0.6) is 5.75 Å². The SMILES string of the molecule is CCOc1ccc(N(CC)C(=O)c2cnn(CC)c2C)cc1. The maximum absolute atomic E-state index is 12.8. The van der Waals surface area contributed by atoms with Crippen LogP contribution in [0.25, 0.3) is 0 Å². The highest BCUT2D eigenvalue weighted by Gasteiger charge is 2.20. The maximum atomic E-state index is 12.8. The van der Waals surface area contributed by atoms with Crippen LogP contribution in [0.15, 0.2) is 30.5 Å². The van der Waals surface area contributed by atoms with Crippen molar-refractivity contribution in [2.45, 2.75) is 34.2 Å². The van der Waals surface area contributed by atoms with Gasteiger partial charge < -0.3 is 9.64 Å². The summed E-state index contributed by atoms with van der Waals surface area (Å²) < 4.78 is 7.27. The van der Waals surface area contributed by atoms with E-state index in [-0.39, 0.29) is 5.91 Å². The van der Waals surface area contributed by atoms with Crippen molar-refractivity contribution >= 4 is 11.6 Å². The minimum Gasteiger partial charge on any atom is -0.494 e. The molecule has 0 N–H and O–H groups in total. The van der Waals surface area contributed by atoms with Gasteiger partial charge in [-0.2, -0.15) is 5.10 Å². The van der Waals surface area contributed by atoms with E-state index in [1.54, 1.807) is 11.1 Å². The Balaban J connectivity index is 2.26. The summed E-state index contributed by atoms with van der Waals surface area (Å²) >= 11 is 0. The fourth-order valence-corrected chi connectivity index (χ4v) is 2.45. The van der Waals surface area contributed by atoms with Crippen LogP contribution in [-0.2, 0) is 6.54 Å². The number of carbonyl (C=O) groups excluding carboxylic acids is 1. The lowest BCUT2D eigenvalue weighted by molar-refractivity contribution is 0.0987. The highest BCUT2D eigenvalue weighted by molar-refractivity contribution is 6.06. The van der Waals surface area contributed by atoms with E-state index in [1.165, 1.54) is 0 Å². The van der Waals surface area contributed by atoms with E-state index >= 15 is 0 Å². The van der Waals surface area contributed by atoms with Crippen molar-refractivity contribution in [3.8, 4) is 5.75 Å². The van der Waals surface area contributed by atoms with E-state index in [0.29, 0.717) is 18.7 Å². The minimum absolute atomic E-state index is 0.0242. The van der Waals surface area contributed by atoms with Crippen molar-refractivity contribution in [1.82, 2.24) is 9.78 Å². The Hall–Kier alpha value is -2.30. The molecule has 0 saturated heterocycles. The second-order valence-corrected chi connectivity index (χ2v) is 4.94.